The molecule has 0 aromatic heterocycles. The van der Waals surface area contributed by atoms with E-state index < -0.39 is 18.1 Å². The van der Waals surface area contributed by atoms with E-state index in [1.165, 1.54) is 0 Å². The van der Waals surface area contributed by atoms with Crippen molar-refractivity contribution in [3.8, 4) is 0 Å². The predicted molar refractivity (Wildman–Crippen MR) is 112 cm³/mol. The van der Waals surface area contributed by atoms with Crippen LogP contribution in [0.15, 0.2) is 36.4 Å². The summed E-state index contributed by atoms with van der Waals surface area (Å²) >= 11 is 0. The number of allylic oxidation sites excluding steroid dienone is 1. The smallest absolute Gasteiger partial charge is 0.247 e. The summed E-state index contributed by atoms with van der Waals surface area (Å²) in [5, 5.41) is 0. The van der Waals surface area contributed by atoms with Crippen molar-refractivity contribution in [2.75, 3.05) is 6.61 Å². The van der Waals surface area contributed by atoms with Crippen molar-refractivity contribution in [2.24, 2.45) is 23.6 Å². The first-order chi connectivity index (χ1) is 14.0. The predicted octanol–water partition coefficient (Wildman–Crippen LogP) is 2.93. The fraction of sp³-hybridized carbons (Fsp3) is 0.545. The Morgan fingerprint density at radius 2 is 1.97 bits per heavy atom. The highest BCUT2D eigenvalue weighted by molar-refractivity contribution is 5.87. The number of benzene rings is 1. The van der Waals surface area contributed by atoms with Gasteiger partial charge in [0.2, 0.25) is 11.8 Å². The van der Waals surface area contributed by atoms with Crippen LogP contribution in [0.25, 0.3) is 6.08 Å². The third-order valence-electron chi connectivity index (χ3n) is 4.96. The van der Waals surface area contributed by atoms with Crippen molar-refractivity contribution in [2.45, 2.75) is 52.2 Å². The molecule has 0 spiro atoms. The molecule has 0 radical (unpaired) electrons. The summed E-state index contributed by atoms with van der Waals surface area (Å²) < 4.78 is 5.49. The number of hydrogen-bond acceptors (Lipinski definition) is 5. The summed E-state index contributed by atoms with van der Waals surface area (Å²) in [4.78, 5) is 30.8. The van der Waals surface area contributed by atoms with Crippen molar-refractivity contribution in [3.63, 3.8) is 0 Å². The van der Waals surface area contributed by atoms with E-state index in [1.807, 2.05) is 56.3 Å². The van der Waals surface area contributed by atoms with Crippen molar-refractivity contribution < 1.29 is 19.2 Å². The first-order valence-corrected chi connectivity index (χ1v) is 10.3. The zero-order valence-corrected chi connectivity index (χ0v) is 17.3. The first kappa shape index (κ1) is 23.1. The minimum atomic E-state index is -0.607. The molecule has 2 rings (SSSR count). The third-order valence-corrected chi connectivity index (χ3v) is 4.96. The second kappa shape index (κ2) is 12.4. The van der Waals surface area contributed by atoms with Crippen molar-refractivity contribution in [1.82, 2.24) is 10.9 Å². The SMILES string of the molecule is CC(C)CC(C(=O)NN)[C@@H](CC=Cc1ccccc1)C(=O)NO[C@H]1CCCCO1. The monoisotopic (exact) mass is 403 g/mol. The largest absolute Gasteiger partial charge is 0.350 e. The maximum atomic E-state index is 12.9. The highest BCUT2D eigenvalue weighted by Gasteiger charge is 2.34. The Kier molecular flexibility index (Phi) is 9.83. The van der Waals surface area contributed by atoms with Gasteiger partial charge in [-0.2, -0.15) is 0 Å². The van der Waals surface area contributed by atoms with Gasteiger partial charge in [-0.1, -0.05) is 56.3 Å². The minimum absolute atomic E-state index is 0.230. The Morgan fingerprint density at radius 1 is 1.21 bits per heavy atom. The van der Waals surface area contributed by atoms with E-state index in [1.54, 1.807) is 0 Å². The summed E-state index contributed by atoms with van der Waals surface area (Å²) in [6.45, 7) is 4.64. The average Bonchev–Trinajstić information content (AvgIpc) is 2.74. The molecule has 1 unspecified atom stereocenters. The Balaban J connectivity index is 2.09. The Hall–Kier alpha value is -2.22. The lowest BCUT2D eigenvalue weighted by Gasteiger charge is -2.27. The highest BCUT2D eigenvalue weighted by atomic mass is 16.8. The van der Waals surface area contributed by atoms with E-state index in [0.717, 1.165) is 24.8 Å². The van der Waals surface area contributed by atoms with E-state index >= 15 is 0 Å². The van der Waals surface area contributed by atoms with Crippen molar-refractivity contribution >= 4 is 17.9 Å². The van der Waals surface area contributed by atoms with Crippen LogP contribution in [-0.2, 0) is 19.2 Å². The second-order valence-electron chi connectivity index (χ2n) is 7.78. The molecule has 1 aromatic carbocycles. The van der Waals surface area contributed by atoms with Crippen LogP contribution < -0.4 is 16.7 Å². The van der Waals surface area contributed by atoms with Crippen LogP contribution in [0.4, 0.5) is 0 Å². The molecule has 1 aliphatic heterocycles. The molecule has 1 saturated heterocycles. The number of carbonyl (C=O) groups excluding carboxylic acids is 2. The van der Waals surface area contributed by atoms with Crippen LogP contribution in [0.1, 0.15) is 51.5 Å². The summed E-state index contributed by atoms with van der Waals surface area (Å²) in [5.41, 5.74) is 5.76. The molecule has 2 amide bonds. The van der Waals surface area contributed by atoms with Crippen LogP contribution in [0.2, 0.25) is 0 Å². The van der Waals surface area contributed by atoms with Gasteiger partial charge in [-0.05, 0) is 37.2 Å². The average molecular weight is 404 g/mol. The van der Waals surface area contributed by atoms with Crippen LogP contribution in [0.5, 0.6) is 0 Å². The van der Waals surface area contributed by atoms with Gasteiger partial charge in [-0.3, -0.25) is 15.0 Å². The van der Waals surface area contributed by atoms with Gasteiger partial charge < -0.3 is 4.74 Å². The molecule has 4 N–H and O–H groups in total. The quantitative estimate of drug-likeness (QED) is 0.317. The molecule has 1 fully saturated rings. The molecule has 1 aromatic rings. The molecular formula is C22H33N3O4. The number of hydrazine groups is 1. The van der Waals surface area contributed by atoms with E-state index in [-0.39, 0.29) is 17.7 Å². The molecule has 160 valence electrons. The third kappa shape index (κ3) is 7.97. The van der Waals surface area contributed by atoms with E-state index in [9.17, 15) is 9.59 Å². The fourth-order valence-electron chi connectivity index (χ4n) is 3.44. The van der Waals surface area contributed by atoms with E-state index in [4.69, 9.17) is 15.4 Å². The maximum Gasteiger partial charge on any atom is 0.247 e. The topological polar surface area (TPSA) is 103 Å². The molecule has 7 heteroatoms. The van der Waals surface area contributed by atoms with Gasteiger partial charge in [-0.15, -0.1) is 0 Å². The van der Waals surface area contributed by atoms with Crippen LogP contribution in [-0.4, -0.2) is 24.7 Å². The van der Waals surface area contributed by atoms with E-state index in [0.29, 0.717) is 19.4 Å². The zero-order chi connectivity index (χ0) is 21.1. The number of hydrogen-bond donors (Lipinski definition) is 3. The van der Waals surface area contributed by atoms with Crippen molar-refractivity contribution in [1.29, 1.82) is 0 Å². The molecular weight excluding hydrogens is 370 g/mol. The number of nitrogens with one attached hydrogen (secondary N) is 2. The van der Waals surface area contributed by atoms with Gasteiger partial charge in [0.05, 0.1) is 11.8 Å². The summed E-state index contributed by atoms with van der Waals surface area (Å²) in [6.07, 6.45) is 7.06. The number of amides is 2. The number of ether oxygens (including phenoxy) is 1. The lowest BCUT2D eigenvalue weighted by atomic mass is 9.82. The van der Waals surface area contributed by atoms with Gasteiger partial charge in [0.15, 0.2) is 6.29 Å². The summed E-state index contributed by atoms with van der Waals surface area (Å²) in [6, 6.07) is 9.81. The van der Waals surface area contributed by atoms with Crippen LogP contribution >= 0.6 is 0 Å². The molecule has 0 aliphatic carbocycles. The molecule has 29 heavy (non-hydrogen) atoms. The minimum Gasteiger partial charge on any atom is -0.350 e. The molecule has 0 saturated carbocycles. The standard InChI is InChI=1S/C22H33N3O4/c1-16(2)15-19(21(26)24-23)18(12-8-11-17-9-4-3-5-10-17)22(27)25-29-20-13-6-7-14-28-20/h3-5,8-11,16,18-20H,6-7,12-15,23H2,1-2H3,(H,24,26)(H,25,27)/t18-,19?,20+/m1/s1. The normalized spacial score (nSPS) is 19.1. The first-order valence-electron chi connectivity index (χ1n) is 10.3. The summed E-state index contributed by atoms with van der Waals surface area (Å²) in [5.74, 6) is 3.77. The lowest BCUT2D eigenvalue weighted by molar-refractivity contribution is -0.203. The van der Waals surface area contributed by atoms with Gasteiger partial charge >= 0.3 is 0 Å². The van der Waals surface area contributed by atoms with Gasteiger partial charge in [-0.25, -0.2) is 16.2 Å². The summed E-state index contributed by atoms with van der Waals surface area (Å²) in [7, 11) is 0. The molecule has 1 aliphatic rings. The number of rotatable bonds is 10. The molecule has 1 heterocycles. The Bertz CT molecular complexity index is 657. The van der Waals surface area contributed by atoms with Crippen LogP contribution in [0.3, 0.4) is 0 Å². The maximum absolute atomic E-state index is 12.9. The van der Waals surface area contributed by atoms with Crippen molar-refractivity contribution in [3.05, 3.63) is 42.0 Å². The molecule has 3 atom stereocenters. The lowest BCUT2D eigenvalue weighted by Crippen LogP contribution is -2.45. The highest BCUT2D eigenvalue weighted by Crippen LogP contribution is 2.25. The van der Waals surface area contributed by atoms with Gasteiger partial charge in [0, 0.05) is 13.0 Å². The second-order valence-corrected chi connectivity index (χ2v) is 7.78. The molecule has 7 nitrogen and oxygen atoms in total. The number of hydroxylamine groups is 1. The zero-order valence-electron chi connectivity index (χ0n) is 17.3. The van der Waals surface area contributed by atoms with Crippen LogP contribution in [0, 0.1) is 17.8 Å². The van der Waals surface area contributed by atoms with E-state index in [2.05, 4.69) is 10.9 Å². The fourth-order valence-corrected chi connectivity index (χ4v) is 3.44. The molecule has 0 bridgehead atoms. The number of nitrogens with two attached hydrogens (primary N) is 1. The Morgan fingerprint density at radius 3 is 2.59 bits per heavy atom. The van der Waals surface area contributed by atoms with Gasteiger partial charge in [0.1, 0.15) is 0 Å². The Labute approximate surface area is 172 Å². The van der Waals surface area contributed by atoms with Gasteiger partial charge in [0.25, 0.3) is 0 Å². The number of carbonyl (C=O) groups is 2.